The van der Waals surface area contributed by atoms with Crippen LogP contribution in [0.4, 0.5) is 0 Å². The Labute approximate surface area is 85.2 Å². The van der Waals surface area contributed by atoms with E-state index in [0.717, 1.165) is 19.4 Å². The van der Waals surface area contributed by atoms with Crippen molar-refractivity contribution >= 4 is 0 Å². The van der Waals surface area contributed by atoms with Crippen LogP contribution in [-0.2, 0) is 9.47 Å². The third-order valence-electron chi connectivity index (χ3n) is 2.37. The molecule has 1 N–H and O–H groups in total. The summed E-state index contributed by atoms with van der Waals surface area (Å²) in [5.74, 6) is 0. The smallest absolute Gasteiger partial charge is 0.119 e. The van der Waals surface area contributed by atoms with E-state index < -0.39 is 0 Å². The van der Waals surface area contributed by atoms with Crippen LogP contribution in [0.3, 0.4) is 0 Å². The molecular weight excluding hydrogens is 180 g/mol. The van der Waals surface area contributed by atoms with Gasteiger partial charge in [0.05, 0.1) is 25.4 Å². The lowest BCUT2D eigenvalue weighted by atomic mass is 10.1. The van der Waals surface area contributed by atoms with E-state index in [-0.39, 0.29) is 12.1 Å². The normalized spacial score (nSPS) is 24.1. The second kappa shape index (κ2) is 6.77. The fraction of sp³-hybridized carbons (Fsp3) is 0.900. The summed E-state index contributed by atoms with van der Waals surface area (Å²) in [4.78, 5) is 0. The number of nitriles is 1. The van der Waals surface area contributed by atoms with E-state index in [9.17, 15) is 0 Å². The van der Waals surface area contributed by atoms with E-state index in [1.54, 1.807) is 7.05 Å². The van der Waals surface area contributed by atoms with Crippen molar-refractivity contribution in [3.05, 3.63) is 0 Å². The Morgan fingerprint density at radius 1 is 1.64 bits per heavy atom. The quantitative estimate of drug-likeness (QED) is 0.706. The van der Waals surface area contributed by atoms with Gasteiger partial charge in [-0.3, -0.25) is 0 Å². The Bertz CT molecular complexity index is 185. The van der Waals surface area contributed by atoms with Crippen molar-refractivity contribution < 1.29 is 9.47 Å². The van der Waals surface area contributed by atoms with Crippen molar-refractivity contribution in [1.82, 2.24) is 5.32 Å². The first-order valence-corrected chi connectivity index (χ1v) is 5.13. The van der Waals surface area contributed by atoms with Gasteiger partial charge in [0.15, 0.2) is 0 Å². The number of hydrogen-bond acceptors (Lipinski definition) is 4. The lowest BCUT2D eigenvalue weighted by molar-refractivity contribution is -0.0419. The Hall–Kier alpha value is -0.630. The molecule has 0 bridgehead atoms. The SMILES string of the molecule is CNC(C#N)COCC1CCCCO1. The average Bonchev–Trinajstić information content (AvgIpc) is 2.26. The molecule has 80 valence electrons. The van der Waals surface area contributed by atoms with Crippen LogP contribution in [0, 0.1) is 11.3 Å². The molecule has 1 heterocycles. The maximum absolute atomic E-state index is 8.64. The highest BCUT2D eigenvalue weighted by atomic mass is 16.5. The number of hydrogen-bond donors (Lipinski definition) is 1. The summed E-state index contributed by atoms with van der Waals surface area (Å²) < 4.78 is 10.9. The molecule has 0 spiro atoms. The molecule has 14 heavy (non-hydrogen) atoms. The molecule has 0 amide bonds. The summed E-state index contributed by atoms with van der Waals surface area (Å²) >= 11 is 0. The van der Waals surface area contributed by atoms with Gasteiger partial charge in [-0.25, -0.2) is 0 Å². The zero-order valence-electron chi connectivity index (χ0n) is 8.66. The van der Waals surface area contributed by atoms with E-state index in [1.807, 2.05) is 0 Å². The fourth-order valence-corrected chi connectivity index (χ4v) is 1.44. The molecule has 1 aliphatic rings. The number of nitrogens with one attached hydrogen (secondary N) is 1. The second-order valence-electron chi connectivity index (χ2n) is 3.50. The minimum atomic E-state index is -0.210. The molecule has 2 atom stereocenters. The summed E-state index contributed by atoms with van der Waals surface area (Å²) in [5, 5.41) is 11.5. The van der Waals surface area contributed by atoms with Gasteiger partial charge in [0, 0.05) is 6.61 Å². The Kier molecular flexibility index (Phi) is 5.53. The molecule has 2 unspecified atom stereocenters. The van der Waals surface area contributed by atoms with Crippen molar-refractivity contribution in [3.8, 4) is 6.07 Å². The van der Waals surface area contributed by atoms with Crippen LogP contribution in [0.2, 0.25) is 0 Å². The largest absolute Gasteiger partial charge is 0.376 e. The number of rotatable bonds is 5. The highest BCUT2D eigenvalue weighted by molar-refractivity contribution is 4.88. The molecular formula is C10H18N2O2. The van der Waals surface area contributed by atoms with Crippen molar-refractivity contribution in [2.45, 2.75) is 31.4 Å². The number of nitrogens with zero attached hydrogens (tertiary/aromatic N) is 1. The van der Waals surface area contributed by atoms with Crippen molar-refractivity contribution in [1.29, 1.82) is 5.26 Å². The van der Waals surface area contributed by atoms with Crippen molar-refractivity contribution in [2.75, 3.05) is 26.9 Å². The molecule has 0 aliphatic carbocycles. The van der Waals surface area contributed by atoms with Crippen LogP contribution < -0.4 is 5.32 Å². The van der Waals surface area contributed by atoms with E-state index >= 15 is 0 Å². The summed E-state index contributed by atoms with van der Waals surface area (Å²) in [5.41, 5.74) is 0. The highest BCUT2D eigenvalue weighted by Gasteiger charge is 2.14. The second-order valence-corrected chi connectivity index (χ2v) is 3.50. The number of ether oxygens (including phenoxy) is 2. The fourth-order valence-electron chi connectivity index (χ4n) is 1.44. The van der Waals surface area contributed by atoms with Crippen LogP contribution in [-0.4, -0.2) is 39.0 Å². The monoisotopic (exact) mass is 198 g/mol. The summed E-state index contributed by atoms with van der Waals surface area (Å²) in [7, 11) is 1.76. The first-order chi connectivity index (χ1) is 6.86. The maximum Gasteiger partial charge on any atom is 0.119 e. The van der Waals surface area contributed by atoms with E-state index in [1.165, 1.54) is 6.42 Å². The third-order valence-corrected chi connectivity index (χ3v) is 2.37. The van der Waals surface area contributed by atoms with Crippen molar-refractivity contribution in [3.63, 3.8) is 0 Å². The number of likely N-dealkylation sites (N-methyl/N-ethyl adjacent to an activating group) is 1. The molecule has 4 heteroatoms. The Morgan fingerprint density at radius 3 is 3.07 bits per heavy atom. The predicted molar refractivity (Wildman–Crippen MR) is 52.9 cm³/mol. The molecule has 0 aromatic carbocycles. The molecule has 1 saturated heterocycles. The predicted octanol–water partition coefficient (Wildman–Crippen LogP) is 0.684. The van der Waals surface area contributed by atoms with Crippen LogP contribution in [0.15, 0.2) is 0 Å². The zero-order valence-corrected chi connectivity index (χ0v) is 8.66. The topological polar surface area (TPSA) is 54.3 Å². The first kappa shape index (κ1) is 11.4. The van der Waals surface area contributed by atoms with Gasteiger partial charge >= 0.3 is 0 Å². The molecule has 4 nitrogen and oxygen atoms in total. The van der Waals surface area contributed by atoms with E-state index in [2.05, 4.69) is 11.4 Å². The Morgan fingerprint density at radius 2 is 2.50 bits per heavy atom. The molecule has 1 rings (SSSR count). The average molecular weight is 198 g/mol. The lowest BCUT2D eigenvalue weighted by Gasteiger charge is -2.22. The van der Waals surface area contributed by atoms with Gasteiger partial charge in [-0.2, -0.15) is 5.26 Å². The Balaban J connectivity index is 2.05. The van der Waals surface area contributed by atoms with E-state index in [4.69, 9.17) is 14.7 Å². The molecule has 0 saturated carbocycles. The van der Waals surface area contributed by atoms with E-state index in [0.29, 0.717) is 13.2 Å². The van der Waals surface area contributed by atoms with Crippen molar-refractivity contribution in [2.24, 2.45) is 0 Å². The van der Waals surface area contributed by atoms with Gasteiger partial charge in [0.2, 0.25) is 0 Å². The van der Waals surface area contributed by atoms with Gasteiger partial charge in [0.1, 0.15) is 6.04 Å². The minimum Gasteiger partial charge on any atom is -0.376 e. The van der Waals surface area contributed by atoms with Gasteiger partial charge in [-0.15, -0.1) is 0 Å². The van der Waals surface area contributed by atoms with Gasteiger partial charge in [-0.1, -0.05) is 0 Å². The standard InChI is InChI=1S/C10H18N2O2/c1-12-9(6-11)7-13-8-10-4-2-3-5-14-10/h9-10,12H,2-5,7-8H2,1H3. The first-order valence-electron chi connectivity index (χ1n) is 5.13. The third kappa shape index (κ3) is 4.05. The molecule has 0 aromatic rings. The zero-order chi connectivity index (χ0) is 10.2. The molecule has 1 fully saturated rings. The maximum atomic E-state index is 8.64. The van der Waals surface area contributed by atoms with Crippen LogP contribution in [0.25, 0.3) is 0 Å². The van der Waals surface area contributed by atoms with Gasteiger partial charge in [-0.05, 0) is 26.3 Å². The van der Waals surface area contributed by atoms with Crippen LogP contribution in [0.5, 0.6) is 0 Å². The molecule has 0 aromatic heterocycles. The summed E-state index contributed by atoms with van der Waals surface area (Å²) in [6, 6.07) is 1.90. The molecule has 0 radical (unpaired) electrons. The summed E-state index contributed by atoms with van der Waals surface area (Å²) in [6.45, 7) is 1.90. The molecule has 1 aliphatic heterocycles. The minimum absolute atomic E-state index is 0.210. The van der Waals surface area contributed by atoms with Crippen LogP contribution >= 0.6 is 0 Å². The lowest BCUT2D eigenvalue weighted by Crippen LogP contribution is -2.31. The van der Waals surface area contributed by atoms with Gasteiger partial charge < -0.3 is 14.8 Å². The van der Waals surface area contributed by atoms with Gasteiger partial charge in [0.25, 0.3) is 0 Å². The van der Waals surface area contributed by atoms with Crippen LogP contribution in [0.1, 0.15) is 19.3 Å². The summed E-state index contributed by atoms with van der Waals surface area (Å²) in [6.07, 6.45) is 3.70. The highest BCUT2D eigenvalue weighted by Crippen LogP contribution is 2.12.